The SMILES string of the molecule is CCCCCCC(CN)N1CCCC(CCC)CC1. The minimum absolute atomic E-state index is 0.650. The highest BCUT2D eigenvalue weighted by Gasteiger charge is 2.21. The number of unbranched alkanes of at least 4 members (excludes halogenated alkanes) is 3. The first kappa shape index (κ1) is 17.0. The van der Waals surface area contributed by atoms with Gasteiger partial charge in [-0.2, -0.15) is 0 Å². The molecule has 1 aliphatic heterocycles. The van der Waals surface area contributed by atoms with Crippen molar-refractivity contribution in [3.8, 4) is 0 Å². The van der Waals surface area contributed by atoms with Gasteiger partial charge >= 0.3 is 0 Å². The molecular formula is C17H36N2. The molecule has 2 nitrogen and oxygen atoms in total. The topological polar surface area (TPSA) is 29.3 Å². The predicted octanol–water partition coefficient (Wildman–Crippen LogP) is 4.19. The predicted molar refractivity (Wildman–Crippen MR) is 85.4 cm³/mol. The van der Waals surface area contributed by atoms with Crippen LogP contribution in [0.3, 0.4) is 0 Å². The fourth-order valence-electron chi connectivity index (χ4n) is 3.51. The van der Waals surface area contributed by atoms with Crippen molar-refractivity contribution in [2.45, 2.75) is 84.1 Å². The van der Waals surface area contributed by atoms with E-state index in [0.717, 1.165) is 12.5 Å². The number of hydrogen-bond acceptors (Lipinski definition) is 2. The second-order valence-corrected chi connectivity index (χ2v) is 6.36. The van der Waals surface area contributed by atoms with E-state index in [2.05, 4.69) is 18.7 Å². The Morgan fingerprint density at radius 1 is 1.05 bits per heavy atom. The van der Waals surface area contributed by atoms with E-state index in [-0.39, 0.29) is 0 Å². The summed E-state index contributed by atoms with van der Waals surface area (Å²) in [4.78, 5) is 2.70. The van der Waals surface area contributed by atoms with Crippen molar-refractivity contribution < 1.29 is 0 Å². The maximum absolute atomic E-state index is 6.02. The Morgan fingerprint density at radius 3 is 2.58 bits per heavy atom. The minimum Gasteiger partial charge on any atom is -0.329 e. The van der Waals surface area contributed by atoms with E-state index in [1.54, 1.807) is 0 Å². The van der Waals surface area contributed by atoms with E-state index < -0.39 is 0 Å². The summed E-state index contributed by atoms with van der Waals surface area (Å²) < 4.78 is 0. The van der Waals surface area contributed by atoms with E-state index in [0.29, 0.717) is 6.04 Å². The summed E-state index contributed by atoms with van der Waals surface area (Å²) in [6.07, 6.45) is 13.8. The van der Waals surface area contributed by atoms with E-state index in [1.165, 1.54) is 77.3 Å². The van der Waals surface area contributed by atoms with Gasteiger partial charge in [0.25, 0.3) is 0 Å². The molecule has 1 heterocycles. The van der Waals surface area contributed by atoms with Gasteiger partial charge in [-0.1, -0.05) is 52.4 Å². The molecule has 0 bridgehead atoms. The van der Waals surface area contributed by atoms with E-state index in [4.69, 9.17) is 5.73 Å². The highest BCUT2D eigenvalue weighted by atomic mass is 15.2. The third-order valence-electron chi connectivity index (χ3n) is 4.76. The zero-order chi connectivity index (χ0) is 13.9. The van der Waals surface area contributed by atoms with Gasteiger partial charge in [0, 0.05) is 12.6 Å². The summed E-state index contributed by atoms with van der Waals surface area (Å²) in [6, 6.07) is 0.650. The van der Waals surface area contributed by atoms with Crippen LogP contribution in [0.1, 0.15) is 78.1 Å². The molecule has 0 radical (unpaired) electrons. The zero-order valence-electron chi connectivity index (χ0n) is 13.4. The third-order valence-corrected chi connectivity index (χ3v) is 4.76. The van der Waals surface area contributed by atoms with Crippen molar-refractivity contribution in [3.63, 3.8) is 0 Å². The van der Waals surface area contributed by atoms with Crippen LogP contribution >= 0.6 is 0 Å². The number of nitrogens with two attached hydrogens (primary N) is 1. The smallest absolute Gasteiger partial charge is 0.0218 e. The molecule has 2 heteroatoms. The number of rotatable bonds is 9. The fourth-order valence-corrected chi connectivity index (χ4v) is 3.51. The van der Waals surface area contributed by atoms with Gasteiger partial charge in [-0.25, -0.2) is 0 Å². The van der Waals surface area contributed by atoms with Crippen molar-refractivity contribution in [2.75, 3.05) is 19.6 Å². The summed E-state index contributed by atoms with van der Waals surface area (Å²) in [5, 5.41) is 0. The minimum atomic E-state index is 0.650. The molecule has 0 aromatic heterocycles. The lowest BCUT2D eigenvalue weighted by Crippen LogP contribution is -2.41. The lowest BCUT2D eigenvalue weighted by atomic mass is 9.96. The summed E-state index contributed by atoms with van der Waals surface area (Å²) in [5.41, 5.74) is 6.02. The largest absolute Gasteiger partial charge is 0.329 e. The van der Waals surface area contributed by atoms with Crippen LogP contribution in [0.2, 0.25) is 0 Å². The van der Waals surface area contributed by atoms with Gasteiger partial charge in [-0.15, -0.1) is 0 Å². The lowest BCUT2D eigenvalue weighted by Gasteiger charge is -2.30. The van der Waals surface area contributed by atoms with E-state index >= 15 is 0 Å². The van der Waals surface area contributed by atoms with Crippen molar-refractivity contribution in [2.24, 2.45) is 11.7 Å². The van der Waals surface area contributed by atoms with Gasteiger partial charge in [0.05, 0.1) is 0 Å². The van der Waals surface area contributed by atoms with Crippen LogP contribution in [-0.4, -0.2) is 30.6 Å². The summed E-state index contributed by atoms with van der Waals surface area (Å²) in [6.45, 7) is 8.03. The Kier molecular flexibility index (Phi) is 9.54. The molecule has 1 rings (SSSR count). The Balaban J connectivity index is 2.30. The first-order valence-electron chi connectivity index (χ1n) is 8.75. The molecule has 2 atom stereocenters. The van der Waals surface area contributed by atoms with Crippen molar-refractivity contribution in [1.29, 1.82) is 0 Å². The monoisotopic (exact) mass is 268 g/mol. The summed E-state index contributed by atoms with van der Waals surface area (Å²) in [5.74, 6) is 0.980. The molecule has 0 aromatic rings. The molecule has 1 saturated heterocycles. The molecule has 0 saturated carbocycles. The molecule has 19 heavy (non-hydrogen) atoms. The summed E-state index contributed by atoms with van der Waals surface area (Å²) in [7, 11) is 0. The van der Waals surface area contributed by atoms with E-state index in [1.807, 2.05) is 0 Å². The molecule has 2 unspecified atom stereocenters. The van der Waals surface area contributed by atoms with Crippen molar-refractivity contribution in [3.05, 3.63) is 0 Å². The van der Waals surface area contributed by atoms with Gasteiger partial charge in [-0.05, 0) is 44.7 Å². The maximum atomic E-state index is 6.02. The lowest BCUT2D eigenvalue weighted by molar-refractivity contribution is 0.191. The standard InChI is InChI=1S/C17H36N2/c1-3-5-6-7-11-17(15-18)19-13-8-10-16(9-4-2)12-14-19/h16-17H,3-15,18H2,1-2H3. The Bertz CT molecular complexity index is 205. The van der Waals surface area contributed by atoms with Crippen LogP contribution in [0.4, 0.5) is 0 Å². The van der Waals surface area contributed by atoms with Crippen LogP contribution in [0.5, 0.6) is 0 Å². The van der Waals surface area contributed by atoms with Gasteiger partial charge in [0.1, 0.15) is 0 Å². The first-order valence-corrected chi connectivity index (χ1v) is 8.75. The first-order chi connectivity index (χ1) is 9.31. The molecule has 0 spiro atoms. The second-order valence-electron chi connectivity index (χ2n) is 6.36. The zero-order valence-corrected chi connectivity index (χ0v) is 13.4. The molecule has 1 fully saturated rings. The number of likely N-dealkylation sites (tertiary alicyclic amines) is 1. The molecule has 114 valence electrons. The molecule has 0 aromatic carbocycles. The Morgan fingerprint density at radius 2 is 1.89 bits per heavy atom. The molecule has 0 aliphatic carbocycles. The van der Waals surface area contributed by atoms with Gasteiger partial charge in [0.2, 0.25) is 0 Å². The number of nitrogens with zero attached hydrogens (tertiary/aromatic N) is 1. The third kappa shape index (κ3) is 6.76. The van der Waals surface area contributed by atoms with Crippen LogP contribution in [0.15, 0.2) is 0 Å². The maximum Gasteiger partial charge on any atom is 0.0218 e. The van der Waals surface area contributed by atoms with Crippen molar-refractivity contribution >= 4 is 0 Å². The highest BCUT2D eigenvalue weighted by molar-refractivity contribution is 4.77. The van der Waals surface area contributed by atoms with Gasteiger partial charge in [-0.3, -0.25) is 4.90 Å². The van der Waals surface area contributed by atoms with Crippen LogP contribution in [-0.2, 0) is 0 Å². The average molecular weight is 268 g/mol. The van der Waals surface area contributed by atoms with Gasteiger partial charge < -0.3 is 5.73 Å². The molecular weight excluding hydrogens is 232 g/mol. The van der Waals surface area contributed by atoms with Crippen molar-refractivity contribution in [1.82, 2.24) is 4.90 Å². The normalized spacial score (nSPS) is 23.2. The molecule has 1 aliphatic rings. The van der Waals surface area contributed by atoms with Crippen LogP contribution in [0, 0.1) is 5.92 Å². The Hall–Kier alpha value is -0.0800. The number of hydrogen-bond donors (Lipinski definition) is 1. The van der Waals surface area contributed by atoms with Crippen LogP contribution in [0.25, 0.3) is 0 Å². The molecule has 2 N–H and O–H groups in total. The quantitative estimate of drug-likeness (QED) is 0.635. The average Bonchev–Trinajstić information content (AvgIpc) is 2.65. The second kappa shape index (κ2) is 10.7. The Labute approximate surface area is 121 Å². The van der Waals surface area contributed by atoms with E-state index in [9.17, 15) is 0 Å². The fraction of sp³-hybridized carbons (Fsp3) is 1.00. The molecule has 0 amide bonds. The van der Waals surface area contributed by atoms with Crippen LogP contribution < -0.4 is 5.73 Å². The van der Waals surface area contributed by atoms with Gasteiger partial charge in [0.15, 0.2) is 0 Å². The summed E-state index contributed by atoms with van der Waals surface area (Å²) >= 11 is 0. The highest BCUT2D eigenvalue weighted by Crippen LogP contribution is 2.24.